The number of hydrogen-bond donors (Lipinski definition) is 1. The van der Waals surface area contributed by atoms with Crippen molar-refractivity contribution in [1.82, 2.24) is 9.97 Å². The van der Waals surface area contributed by atoms with Crippen molar-refractivity contribution in [3.05, 3.63) is 18.0 Å². The molecule has 1 fully saturated rings. The average molecular weight is 263 g/mol. The minimum absolute atomic E-state index is 0.136. The van der Waals surface area contributed by atoms with Crippen LogP contribution in [0.2, 0.25) is 0 Å². The largest absolute Gasteiger partial charge is 0.478 e. The molecule has 5 heteroatoms. The Morgan fingerprint density at radius 3 is 2.21 bits per heavy atom. The first kappa shape index (κ1) is 13.8. The third kappa shape index (κ3) is 2.85. The van der Waals surface area contributed by atoms with Crippen LogP contribution in [-0.4, -0.2) is 34.1 Å². The minimum atomic E-state index is -0.985. The number of carboxylic acid groups (broad SMARTS) is 1. The van der Waals surface area contributed by atoms with E-state index in [9.17, 15) is 4.79 Å². The number of rotatable bonds is 4. The van der Waals surface area contributed by atoms with Crippen LogP contribution in [0.5, 0.6) is 0 Å². The van der Waals surface area contributed by atoms with Gasteiger partial charge in [-0.25, -0.2) is 14.8 Å². The third-order valence-corrected chi connectivity index (χ3v) is 4.49. The number of nitrogens with zero attached hydrogens (tertiary/aromatic N) is 3. The molecule has 0 atom stereocenters. The summed E-state index contributed by atoms with van der Waals surface area (Å²) in [6, 6.07) is 0. The van der Waals surface area contributed by atoms with Crippen LogP contribution in [0.1, 0.15) is 49.9 Å². The van der Waals surface area contributed by atoms with Crippen LogP contribution in [0.25, 0.3) is 0 Å². The maximum Gasteiger partial charge on any atom is 0.338 e. The lowest BCUT2D eigenvalue weighted by Crippen LogP contribution is -2.40. The van der Waals surface area contributed by atoms with Crippen molar-refractivity contribution >= 4 is 11.9 Å². The molecule has 1 aliphatic rings. The van der Waals surface area contributed by atoms with Crippen molar-refractivity contribution in [2.45, 2.75) is 39.5 Å². The van der Waals surface area contributed by atoms with E-state index in [4.69, 9.17) is 5.11 Å². The smallest absolute Gasteiger partial charge is 0.338 e. The summed E-state index contributed by atoms with van der Waals surface area (Å²) in [5.41, 5.74) is 0.606. The zero-order chi connectivity index (χ0) is 13.9. The number of anilines is 1. The Balaban J connectivity index is 2.03. The fourth-order valence-corrected chi connectivity index (χ4v) is 2.73. The zero-order valence-corrected chi connectivity index (χ0v) is 11.6. The molecule has 1 aromatic rings. The summed E-state index contributed by atoms with van der Waals surface area (Å²) in [6.45, 7) is 6.43. The molecule has 2 heterocycles. The molecule has 0 spiro atoms. The van der Waals surface area contributed by atoms with E-state index < -0.39 is 5.97 Å². The van der Waals surface area contributed by atoms with Gasteiger partial charge < -0.3 is 10.0 Å². The molecule has 2 rings (SSSR count). The first-order valence-corrected chi connectivity index (χ1v) is 6.90. The number of carbonyl (C=O) groups is 1. The lowest BCUT2D eigenvalue weighted by Gasteiger charge is -2.40. The molecule has 0 unspecified atom stereocenters. The van der Waals surface area contributed by atoms with Gasteiger partial charge in [-0.1, -0.05) is 26.7 Å². The summed E-state index contributed by atoms with van der Waals surface area (Å²) in [4.78, 5) is 21.2. The summed E-state index contributed by atoms with van der Waals surface area (Å²) in [7, 11) is 0. The van der Waals surface area contributed by atoms with E-state index in [1.807, 2.05) is 0 Å². The summed E-state index contributed by atoms with van der Waals surface area (Å²) >= 11 is 0. The second kappa shape index (κ2) is 5.55. The number of hydrogen-bond acceptors (Lipinski definition) is 4. The van der Waals surface area contributed by atoms with Crippen LogP contribution in [0.4, 0.5) is 5.95 Å². The maximum atomic E-state index is 10.8. The molecular weight excluding hydrogens is 242 g/mol. The summed E-state index contributed by atoms with van der Waals surface area (Å²) in [5, 5.41) is 8.82. The molecule has 0 aromatic carbocycles. The Morgan fingerprint density at radius 1 is 1.26 bits per heavy atom. The molecule has 0 bridgehead atoms. The summed E-state index contributed by atoms with van der Waals surface area (Å²) in [6.07, 6.45) is 7.51. The highest BCUT2D eigenvalue weighted by atomic mass is 16.4. The molecule has 1 aliphatic heterocycles. The molecule has 5 nitrogen and oxygen atoms in total. The second-order valence-electron chi connectivity index (χ2n) is 5.27. The minimum Gasteiger partial charge on any atom is -0.478 e. The van der Waals surface area contributed by atoms with Crippen molar-refractivity contribution in [2.75, 3.05) is 18.0 Å². The van der Waals surface area contributed by atoms with Crippen molar-refractivity contribution < 1.29 is 9.90 Å². The van der Waals surface area contributed by atoms with Gasteiger partial charge in [0.2, 0.25) is 5.95 Å². The molecule has 0 radical (unpaired) electrons. The predicted molar refractivity (Wildman–Crippen MR) is 73.5 cm³/mol. The molecule has 1 aromatic heterocycles. The Bertz CT molecular complexity index is 431. The summed E-state index contributed by atoms with van der Waals surface area (Å²) in [5.74, 6) is -0.341. The first-order chi connectivity index (χ1) is 9.10. The standard InChI is InChI=1S/C14H21N3O2/c1-3-14(4-2)5-7-17(8-6-14)13-15-9-11(10-16-13)12(18)19/h9-10H,3-8H2,1-2H3,(H,18,19). The molecule has 0 amide bonds. The quantitative estimate of drug-likeness (QED) is 0.904. The van der Waals surface area contributed by atoms with E-state index in [0.29, 0.717) is 11.4 Å². The monoisotopic (exact) mass is 263 g/mol. The van der Waals surface area contributed by atoms with Crippen molar-refractivity contribution in [1.29, 1.82) is 0 Å². The number of aromatic carboxylic acids is 1. The van der Waals surface area contributed by atoms with Gasteiger partial charge in [0.1, 0.15) is 0 Å². The van der Waals surface area contributed by atoms with Crippen LogP contribution in [0.3, 0.4) is 0 Å². The lowest BCUT2D eigenvalue weighted by molar-refractivity contribution is 0.0696. The Morgan fingerprint density at radius 2 is 1.79 bits per heavy atom. The van der Waals surface area contributed by atoms with Gasteiger partial charge in [-0.3, -0.25) is 0 Å². The highest BCUT2D eigenvalue weighted by Crippen LogP contribution is 2.38. The molecule has 1 N–H and O–H groups in total. The van der Waals surface area contributed by atoms with Crippen LogP contribution in [-0.2, 0) is 0 Å². The molecule has 19 heavy (non-hydrogen) atoms. The van der Waals surface area contributed by atoms with E-state index in [0.717, 1.165) is 25.9 Å². The average Bonchev–Trinajstić information content (AvgIpc) is 2.47. The molecule has 0 aliphatic carbocycles. The van der Waals surface area contributed by atoms with Crippen molar-refractivity contribution in [3.63, 3.8) is 0 Å². The normalized spacial score (nSPS) is 18.3. The van der Waals surface area contributed by atoms with Gasteiger partial charge in [-0.2, -0.15) is 0 Å². The van der Waals surface area contributed by atoms with E-state index in [1.54, 1.807) is 0 Å². The molecular formula is C14H21N3O2. The third-order valence-electron chi connectivity index (χ3n) is 4.49. The highest BCUT2D eigenvalue weighted by molar-refractivity contribution is 5.86. The van der Waals surface area contributed by atoms with Crippen LogP contribution in [0.15, 0.2) is 12.4 Å². The number of piperidine rings is 1. The van der Waals surface area contributed by atoms with Gasteiger partial charge in [0.15, 0.2) is 0 Å². The first-order valence-electron chi connectivity index (χ1n) is 6.90. The number of carboxylic acids is 1. The predicted octanol–water partition coefficient (Wildman–Crippen LogP) is 2.58. The Hall–Kier alpha value is -1.65. The van der Waals surface area contributed by atoms with Gasteiger partial charge in [0.25, 0.3) is 0 Å². The van der Waals surface area contributed by atoms with E-state index in [1.165, 1.54) is 25.2 Å². The van der Waals surface area contributed by atoms with Gasteiger partial charge in [-0.05, 0) is 18.3 Å². The topological polar surface area (TPSA) is 66.3 Å². The summed E-state index contributed by atoms with van der Waals surface area (Å²) < 4.78 is 0. The van der Waals surface area contributed by atoms with E-state index in [-0.39, 0.29) is 5.56 Å². The van der Waals surface area contributed by atoms with Gasteiger partial charge in [-0.15, -0.1) is 0 Å². The Labute approximate surface area is 113 Å². The van der Waals surface area contributed by atoms with Gasteiger partial charge in [0.05, 0.1) is 5.56 Å². The fourth-order valence-electron chi connectivity index (χ4n) is 2.73. The molecule has 104 valence electrons. The van der Waals surface area contributed by atoms with Crippen LogP contribution >= 0.6 is 0 Å². The van der Waals surface area contributed by atoms with E-state index in [2.05, 4.69) is 28.7 Å². The number of aromatic nitrogens is 2. The molecule has 1 saturated heterocycles. The fraction of sp³-hybridized carbons (Fsp3) is 0.643. The lowest BCUT2D eigenvalue weighted by atomic mass is 9.74. The zero-order valence-electron chi connectivity index (χ0n) is 11.6. The highest BCUT2D eigenvalue weighted by Gasteiger charge is 2.31. The van der Waals surface area contributed by atoms with Gasteiger partial charge >= 0.3 is 5.97 Å². The van der Waals surface area contributed by atoms with Crippen LogP contribution < -0.4 is 4.90 Å². The van der Waals surface area contributed by atoms with Crippen molar-refractivity contribution in [2.24, 2.45) is 5.41 Å². The van der Waals surface area contributed by atoms with E-state index >= 15 is 0 Å². The van der Waals surface area contributed by atoms with Crippen LogP contribution in [0, 0.1) is 5.41 Å². The Kier molecular flexibility index (Phi) is 4.02. The van der Waals surface area contributed by atoms with Crippen molar-refractivity contribution in [3.8, 4) is 0 Å². The SMILES string of the molecule is CCC1(CC)CCN(c2ncc(C(=O)O)cn2)CC1. The van der Waals surface area contributed by atoms with Gasteiger partial charge in [0, 0.05) is 25.5 Å². The maximum absolute atomic E-state index is 10.8. The second-order valence-corrected chi connectivity index (χ2v) is 5.27. The molecule has 0 saturated carbocycles.